The molecule has 1 aliphatic rings. The number of carbonyl (C=O) groups excluding carboxylic acids is 1. The molecule has 0 spiro atoms. The van der Waals surface area contributed by atoms with Gasteiger partial charge in [0.1, 0.15) is 0 Å². The molecule has 1 amide bonds. The zero-order valence-corrected chi connectivity index (χ0v) is 17.7. The molecule has 150 valence electrons. The van der Waals surface area contributed by atoms with Gasteiger partial charge >= 0.3 is 0 Å². The van der Waals surface area contributed by atoms with Crippen molar-refractivity contribution in [1.82, 2.24) is 4.90 Å². The molecule has 1 aliphatic heterocycles. The molecular formula is C22H28N2O3S. The average Bonchev–Trinajstić information content (AvgIpc) is 2.62. The van der Waals surface area contributed by atoms with Crippen molar-refractivity contribution in [3.63, 3.8) is 0 Å². The molecule has 1 heterocycles. The van der Waals surface area contributed by atoms with Gasteiger partial charge in [0, 0.05) is 24.3 Å². The third-order valence-corrected chi connectivity index (χ3v) is 6.59. The number of hydrogen-bond donors (Lipinski definition) is 1. The van der Waals surface area contributed by atoms with Gasteiger partial charge in [-0.1, -0.05) is 37.6 Å². The topological polar surface area (TPSA) is 66.5 Å². The number of piperidine rings is 1. The number of likely N-dealkylation sites (tertiary alicyclic amines) is 1. The van der Waals surface area contributed by atoms with E-state index in [9.17, 15) is 13.2 Å². The molecule has 2 atom stereocenters. The molecule has 0 saturated carbocycles. The molecule has 0 bridgehead atoms. The second-order valence-corrected chi connectivity index (χ2v) is 9.79. The van der Waals surface area contributed by atoms with E-state index >= 15 is 0 Å². The van der Waals surface area contributed by atoms with Crippen molar-refractivity contribution in [3.8, 4) is 0 Å². The lowest BCUT2D eigenvalue weighted by molar-refractivity contribution is 0.0622. The molecule has 3 rings (SSSR count). The lowest BCUT2D eigenvalue weighted by Gasteiger charge is -2.35. The molecule has 0 aromatic heterocycles. The minimum absolute atomic E-state index is 0.0942. The van der Waals surface area contributed by atoms with Gasteiger partial charge in [-0.25, -0.2) is 8.42 Å². The number of hydrogen-bond acceptors (Lipinski definition) is 3. The van der Waals surface area contributed by atoms with E-state index in [2.05, 4.69) is 18.6 Å². The van der Waals surface area contributed by atoms with Crippen LogP contribution in [-0.2, 0) is 10.0 Å². The van der Waals surface area contributed by atoms with Gasteiger partial charge in [-0.3, -0.25) is 9.52 Å². The highest BCUT2D eigenvalue weighted by Gasteiger charge is 2.28. The van der Waals surface area contributed by atoms with Gasteiger partial charge < -0.3 is 4.90 Å². The molecule has 1 fully saturated rings. The predicted octanol–water partition coefficient (Wildman–Crippen LogP) is 4.22. The predicted molar refractivity (Wildman–Crippen MR) is 112 cm³/mol. The van der Waals surface area contributed by atoms with Crippen LogP contribution in [0.5, 0.6) is 0 Å². The van der Waals surface area contributed by atoms with Crippen LogP contribution in [0.4, 0.5) is 5.69 Å². The maximum Gasteiger partial charge on any atom is 0.261 e. The summed E-state index contributed by atoms with van der Waals surface area (Å²) in [6.07, 6.45) is 1.11. The lowest BCUT2D eigenvalue weighted by Crippen LogP contribution is -2.42. The first-order valence-electron chi connectivity index (χ1n) is 9.65. The van der Waals surface area contributed by atoms with Crippen LogP contribution in [0.2, 0.25) is 0 Å². The number of benzene rings is 2. The van der Waals surface area contributed by atoms with E-state index < -0.39 is 10.0 Å². The van der Waals surface area contributed by atoms with E-state index in [1.807, 2.05) is 30.9 Å². The van der Waals surface area contributed by atoms with Crippen molar-refractivity contribution in [3.05, 3.63) is 59.2 Å². The van der Waals surface area contributed by atoms with E-state index in [4.69, 9.17) is 0 Å². The Kier molecular flexibility index (Phi) is 5.79. The van der Waals surface area contributed by atoms with Crippen LogP contribution in [0.1, 0.15) is 41.8 Å². The molecule has 6 heteroatoms. The van der Waals surface area contributed by atoms with Crippen molar-refractivity contribution in [2.24, 2.45) is 11.8 Å². The average molecular weight is 401 g/mol. The molecule has 2 aromatic carbocycles. The molecule has 28 heavy (non-hydrogen) atoms. The minimum atomic E-state index is -3.77. The third kappa shape index (κ3) is 4.55. The van der Waals surface area contributed by atoms with Crippen LogP contribution in [0.25, 0.3) is 0 Å². The highest BCUT2D eigenvalue weighted by molar-refractivity contribution is 7.92. The van der Waals surface area contributed by atoms with Crippen molar-refractivity contribution >= 4 is 21.6 Å². The number of carbonyl (C=O) groups is 1. The summed E-state index contributed by atoms with van der Waals surface area (Å²) in [5.74, 6) is 0.800. The fraction of sp³-hybridized carbons (Fsp3) is 0.409. The Morgan fingerprint density at radius 1 is 1.00 bits per heavy atom. The van der Waals surface area contributed by atoms with Gasteiger partial charge in [-0.15, -0.1) is 0 Å². The van der Waals surface area contributed by atoms with Crippen LogP contribution < -0.4 is 4.72 Å². The maximum absolute atomic E-state index is 13.1. The second-order valence-electron chi connectivity index (χ2n) is 8.10. The summed E-state index contributed by atoms with van der Waals surface area (Å²) in [7, 11) is -3.77. The molecule has 1 saturated heterocycles. The normalized spacial score (nSPS) is 20.1. The number of rotatable bonds is 4. The fourth-order valence-corrected chi connectivity index (χ4v) is 4.92. The van der Waals surface area contributed by atoms with E-state index in [-0.39, 0.29) is 10.8 Å². The van der Waals surface area contributed by atoms with Gasteiger partial charge in [0.15, 0.2) is 0 Å². The first kappa shape index (κ1) is 20.4. The van der Waals surface area contributed by atoms with Gasteiger partial charge in [0.25, 0.3) is 15.9 Å². The van der Waals surface area contributed by atoms with Crippen LogP contribution >= 0.6 is 0 Å². The summed E-state index contributed by atoms with van der Waals surface area (Å²) in [4.78, 5) is 15.0. The van der Waals surface area contributed by atoms with Crippen LogP contribution in [-0.4, -0.2) is 32.3 Å². The van der Waals surface area contributed by atoms with Crippen LogP contribution in [0.3, 0.4) is 0 Å². The summed E-state index contributed by atoms with van der Waals surface area (Å²) in [6, 6.07) is 11.9. The Morgan fingerprint density at radius 3 is 2.21 bits per heavy atom. The maximum atomic E-state index is 13.1. The summed E-state index contributed by atoms with van der Waals surface area (Å²) in [5, 5.41) is 0. The first-order chi connectivity index (χ1) is 13.2. The zero-order chi connectivity index (χ0) is 20.5. The summed E-state index contributed by atoms with van der Waals surface area (Å²) in [6.45, 7) is 9.50. The van der Waals surface area contributed by atoms with Crippen molar-refractivity contribution in [2.75, 3.05) is 17.8 Å². The van der Waals surface area contributed by atoms with E-state index in [0.717, 1.165) is 17.5 Å². The summed E-state index contributed by atoms with van der Waals surface area (Å²) < 4.78 is 28.2. The molecule has 0 aliphatic carbocycles. The van der Waals surface area contributed by atoms with Gasteiger partial charge in [-0.05, 0) is 61.9 Å². The first-order valence-corrected chi connectivity index (χ1v) is 11.1. The smallest absolute Gasteiger partial charge is 0.261 e. The Hall–Kier alpha value is -2.34. The summed E-state index contributed by atoms with van der Waals surface area (Å²) >= 11 is 0. The largest absolute Gasteiger partial charge is 0.338 e. The third-order valence-electron chi connectivity index (χ3n) is 5.21. The Bertz CT molecular complexity index is 958. The molecular weight excluding hydrogens is 372 g/mol. The Morgan fingerprint density at radius 2 is 1.61 bits per heavy atom. The second kappa shape index (κ2) is 7.95. The standard InChI is InChI=1S/C22H28N2O3S/c1-15-5-8-19(9-6-15)23-28(26,27)20-10-7-18(4)21(12-20)22(25)24-13-16(2)11-17(3)14-24/h5-10,12,16-17,23H,11,13-14H2,1-4H3/t16-,17-/m0/s1. The molecule has 0 radical (unpaired) electrons. The Labute approximate surface area is 167 Å². The molecule has 2 aromatic rings. The number of sulfonamides is 1. The molecule has 1 N–H and O–H groups in total. The van der Waals surface area contributed by atoms with Gasteiger partial charge in [0.2, 0.25) is 0 Å². The minimum Gasteiger partial charge on any atom is -0.338 e. The zero-order valence-electron chi connectivity index (χ0n) is 16.9. The molecule has 5 nitrogen and oxygen atoms in total. The van der Waals surface area contributed by atoms with Gasteiger partial charge in [-0.2, -0.15) is 0 Å². The monoisotopic (exact) mass is 400 g/mol. The lowest BCUT2D eigenvalue weighted by atomic mass is 9.91. The van der Waals surface area contributed by atoms with Crippen molar-refractivity contribution in [2.45, 2.75) is 39.0 Å². The number of nitrogens with zero attached hydrogens (tertiary/aromatic N) is 1. The number of anilines is 1. The van der Waals surface area contributed by atoms with E-state index in [1.54, 1.807) is 24.3 Å². The van der Waals surface area contributed by atoms with E-state index in [1.165, 1.54) is 6.07 Å². The van der Waals surface area contributed by atoms with E-state index in [0.29, 0.717) is 36.2 Å². The number of amides is 1. The highest BCUT2D eigenvalue weighted by atomic mass is 32.2. The molecule has 0 unspecified atom stereocenters. The SMILES string of the molecule is Cc1ccc(NS(=O)(=O)c2ccc(C)c(C(=O)N3C[C@@H](C)C[C@H](C)C3)c2)cc1. The summed E-state index contributed by atoms with van der Waals surface area (Å²) in [5.41, 5.74) is 2.78. The quantitative estimate of drug-likeness (QED) is 0.835. The highest BCUT2D eigenvalue weighted by Crippen LogP contribution is 2.25. The Balaban J connectivity index is 1.88. The van der Waals surface area contributed by atoms with Crippen LogP contribution in [0.15, 0.2) is 47.4 Å². The fourth-order valence-electron chi connectivity index (χ4n) is 3.83. The number of nitrogens with one attached hydrogen (secondary N) is 1. The van der Waals surface area contributed by atoms with Crippen molar-refractivity contribution in [1.29, 1.82) is 0 Å². The van der Waals surface area contributed by atoms with Crippen LogP contribution in [0, 0.1) is 25.7 Å². The van der Waals surface area contributed by atoms with Gasteiger partial charge in [0.05, 0.1) is 4.90 Å². The van der Waals surface area contributed by atoms with Crippen molar-refractivity contribution < 1.29 is 13.2 Å². The number of aryl methyl sites for hydroxylation is 2.